The summed E-state index contributed by atoms with van der Waals surface area (Å²) in [5.41, 5.74) is 0. The summed E-state index contributed by atoms with van der Waals surface area (Å²) in [6.07, 6.45) is 1.22. The number of rotatable bonds is 0. The van der Waals surface area contributed by atoms with Gasteiger partial charge in [0, 0.05) is 12.5 Å². The molecule has 0 spiro atoms. The zero-order chi connectivity index (χ0) is 5.28. The molecule has 0 aromatic rings. The van der Waals surface area contributed by atoms with Gasteiger partial charge in [-0.2, -0.15) is 0 Å². The van der Waals surface area contributed by atoms with E-state index in [0.29, 0.717) is 5.92 Å². The highest BCUT2D eigenvalue weighted by Crippen LogP contribution is 2.07. The summed E-state index contributed by atoms with van der Waals surface area (Å²) in [5, 5.41) is 3.10. The molecule has 40 valence electrons. The Morgan fingerprint density at radius 2 is 2.57 bits per heavy atom. The molecule has 1 heterocycles. The lowest BCUT2D eigenvalue weighted by molar-refractivity contribution is 0.759. The summed E-state index contributed by atoms with van der Waals surface area (Å²) >= 11 is 4.93. The Labute approximate surface area is 49.1 Å². The molecule has 1 saturated heterocycles. The largest absolute Gasteiger partial charge is 0.379 e. The first kappa shape index (κ1) is 5.04. The molecule has 0 bridgehead atoms. The molecule has 1 aliphatic heterocycles. The van der Waals surface area contributed by atoms with Gasteiger partial charge in [-0.3, -0.25) is 0 Å². The van der Waals surface area contributed by atoms with E-state index in [1.807, 2.05) is 0 Å². The van der Waals surface area contributed by atoms with Gasteiger partial charge in [-0.05, 0) is 6.42 Å². The number of hydrogen-bond donors (Lipinski definition) is 1. The monoisotopic (exact) mass is 115 g/mol. The van der Waals surface area contributed by atoms with Crippen LogP contribution in [0.5, 0.6) is 0 Å². The topological polar surface area (TPSA) is 12.0 Å². The van der Waals surface area contributed by atoms with Gasteiger partial charge in [0.1, 0.15) is 0 Å². The maximum absolute atomic E-state index is 4.93. The van der Waals surface area contributed by atoms with Crippen molar-refractivity contribution in [3.8, 4) is 0 Å². The molecule has 0 aromatic carbocycles. The zero-order valence-electron chi connectivity index (χ0n) is 4.40. The highest BCUT2D eigenvalue weighted by Gasteiger charge is 2.13. The van der Waals surface area contributed by atoms with Gasteiger partial charge < -0.3 is 5.32 Å². The van der Waals surface area contributed by atoms with Gasteiger partial charge in [0.2, 0.25) is 0 Å². The molecule has 1 nitrogen and oxygen atoms in total. The third-order valence-electron chi connectivity index (χ3n) is 1.32. The van der Waals surface area contributed by atoms with Gasteiger partial charge in [0.25, 0.3) is 0 Å². The quantitative estimate of drug-likeness (QED) is 0.472. The molecule has 0 amide bonds. The molecule has 0 radical (unpaired) electrons. The van der Waals surface area contributed by atoms with E-state index < -0.39 is 0 Å². The van der Waals surface area contributed by atoms with Gasteiger partial charge in [-0.1, -0.05) is 19.1 Å². The average molecular weight is 115 g/mol. The van der Waals surface area contributed by atoms with Crippen LogP contribution in [0, 0.1) is 5.92 Å². The van der Waals surface area contributed by atoms with E-state index in [0.717, 1.165) is 11.5 Å². The minimum Gasteiger partial charge on any atom is -0.379 e. The Kier molecular flexibility index (Phi) is 1.28. The van der Waals surface area contributed by atoms with Crippen molar-refractivity contribution in [3.63, 3.8) is 0 Å². The van der Waals surface area contributed by atoms with Crippen molar-refractivity contribution < 1.29 is 0 Å². The molecule has 0 saturated carbocycles. The SMILES string of the molecule is C[C@@H]1CCNC1=S. The van der Waals surface area contributed by atoms with Crippen LogP contribution in [0.4, 0.5) is 0 Å². The van der Waals surface area contributed by atoms with E-state index in [2.05, 4.69) is 12.2 Å². The van der Waals surface area contributed by atoms with Crippen molar-refractivity contribution in [2.45, 2.75) is 13.3 Å². The maximum Gasteiger partial charge on any atom is 0.0782 e. The van der Waals surface area contributed by atoms with E-state index in [4.69, 9.17) is 12.2 Å². The molecule has 2 heteroatoms. The van der Waals surface area contributed by atoms with Gasteiger partial charge in [0.15, 0.2) is 0 Å². The van der Waals surface area contributed by atoms with E-state index in [1.165, 1.54) is 6.42 Å². The molecule has 7 heavy (non-hydrogen) atoms. The summed E-state index contributed by atoms with van der Waals surface area (Å²) in [4.78, 5) is 1.04. The smallest absolute Gasteiger partial charge is 0.0782 e. The van der Waals surface area contributed by atoms with Crippen molar-refractivity contribution >= 4 is 17.2 Å². The second-order valence-electron chi connectivity index (χ2n) is 1.98. The molecular formula is C5H9NS. The summed E-state index contributed by atoms with van der Waals surface area (Å²) < 4.78 is 0. The van der Waals surface area contributed by atoms with Gasteiger partial charge in [0.05, 0.1) is 4.99 Å². The number of thiocarbonyl (C=S) groups is 1. The van der Waals surface area contributed by atoms with Crippen LogP contribution in [0.15, 0.2) is 0 Å². The molecule has 0 unspecified atom stereocenters. The molecule has 1 atom stereocenters. The minimum absolute atomic E-state index is 0.634. The van der Waals surface area contributed by atoms with Crippen LogP contribution in [0.2, 0.25) is 0 Å². The number of nitrogens with one attached hydrogen (secondary N) is 1. The fourth-order valence-corrected chi connectivity index (χ4v) is 0.937. The Morgan fingerprint density at radius 1 is 1.86 bits per heavy atom. The molecule has 0 aliphatic carbocycles. The second kappa shape index (κ2) is 1.78. The summed E-state index contributed by atoms with van der Waals surface area (Å²) in [6.45, 7) is 3.24. The predicted molar refractivity (Wildman–Crippen MR) is 34.4 cm³/mol. The Balaban J connectivity index is 2.48. The van der Waals surface area contributed by atoms with Crippen LogP contribution in [-0.4, -0.2) is 11.5 Å². The lowest BCUT2D eigenvalue weighted by atomic mass is 10.2. The van der Waals surface area contributed by atoms with E-state index in [1.54, 1.807) is 0 Å². The molecule has 1 N–H and O–H groups in total. The lowest BCUT2D eigenvalue weighted by Gasteiger charge is -1.94. The first-order chi connectivity index (χ1) is 3.30. The first-order valence-corrected chi connectivity index (χ1v) is 2.99. The fraction of sp³-hybridized carbons (Fsp3) is 0.800. The molecule has 1 fully saturated rings. The Bertz CT molecular complexity index is 90.1. The van der Waals surface area contributed by atoms with E-state index in [9.17, 15) is 0 Å². The standard InChI is InChI=1S/C5H9NS/c1-4-2-3-6-5(4)7/h4H,2-3H2,1H3,(H,6,7)/t4-/m1/s1. The summed E-state index contributed by atoms with van der Waals surface area (Å²) in [6, 6.07) is 0. The molecule has 0 aromatic heterocycles. The third kappa shape index (κ3) is 0.911. The Hall–Kier alpha value is -0.110. The van der Waals surface area contributed by atoms with Gasteiger partial charge in [-0.25, -0.2) is 0 Å². The second-order valence-corrected chi connectivity index (χ2v) is 2.42. The fourth-order valence-electron chi connectivity index (χ4n) is 0.717. The number of hydrogen-bond acceptors (Lipinski definition) is 1. The van der Waals surface area contributed by atoms with Gasteiger partial charge >= 0.3 is 0 Å². The lowest BCUT2D eigenvalue weighted by Crippen LogP contribution is -2.14. The van der Waals surface area contributed by atoms with Crippen molar-refractivity contribution in [2.24, 2.45) is 5.92 Å². The summed E-state index contributed by atoms with van der Waals surface area (Å²) in [5.74, 6) is 0.634. The van der Waals surface area contributed by atoms with E-state index in [-0.39, 0.29) is 0 Å². The summed E-state index contributed by atoms with van der Waals surface area (Å²) in [7, 11) is 0. The molecule has 1 rings (SSSR count). The van der Waals surface area contributed by atoms with Crippen molar-refractivity contribution in [3.05, 3.63) is 0 Å². The zero-order valence-corrected chi connectivity index (χ0v) is 5.22. The van der Waals surface area contributed by atoms with Crippen LogP contribution in [0.3, 0.4) is 0 Å². The third-order valence-corrected chi connectivity index (χ3v) is 1.87. The van der Waals surface area contributed by atoms with Crippen LogP contribution in [-0.2, 0) is 0 Å². The van der Waals surface area contributed by atoms with Crippen molar-refractivity contribution in [2.75, 3.05) is 6.54 Å². The van der Waals surface area contributed by atoms with Gasteiger partial charge in [-0.15, -0.1) is 0 Å². The van der Waals surface area contributed by atoms with Crippen molar-refractivity contribution in [1.82, 2.24) is 5.32 Å². The highest BCUT2D eigenvalue weighted by atomic mass is 32.1. The van der Waals surface area contributed by atoms with Crippen LogP contribution in [0.1, 0.15) is 13.3 Å². The maximum atomic E-state index is 4.93. The van der Waals surface area contributed by atoms with Crippen LogP contribution >= 0.6 is 12.2 Å². The van der Waals surface area contributed by atoms with Crippen molar-refractivity contribution in [1.29, 1.82) is 0 Å². The van der Waals surface area contributed by atoms with Crippen LogP contribution in [0.25, 0.3) is 0 Å². The van der Waals surface area contributed by atoms with Crippen LogP contribution < -0.4 is 5.32 Å². The molecular weight excluding hydrogens is 106 g/mol. The predicted octanol–water partition coefficient (Wildman–Crippen LogP) is 0.943. The minimum atomic E-state index is 0.634. The van der Waals surface area contributed by atoms with E-state index >= 15 is 0 Å². The highest BCUT2D eigenvalue weighted by molar-refractivity contribution is 7.80. The Morgan fingerprint density at radius 3 is 2.71 bits per heavy atom. The average Bonchev–Trinajstić information content (AvgIpc) is 1.91. The molecule has 1 aliphatic rings. The first-order valence-electron chi connectivity index (χ1n) is 2.58. The normalized spacial score (nSPS) is 30.4.